The molecule has 1 aromatic heterocycles. The molecule has 7 nitrogen and oxygen atoms in total. The first-order chi connectivity index (χ1) is 15.6. The lowest BCUT2D eigenvalue weighted by Crippen LogP contribution is -2.39. The van der Waals surface area contributed by atoms with Crippen LogP contribution in [0.3, 0.4) is 0 Å². The Morgan fingerprint density at radius 3 is 2.44 bits per heavy atom. The molecule has 2 aromatic carbocycles. The van der Waals surface area contributed by atoms with Crippen molar-refractivity contribution in [2.24, 2.45) is 0 Å². The number of fused-ring (bicyclic) bond motifs is 1. The maximum Gasteiger partial charge on any atom is 0.261 e. The number of rotatable bonds is 5. The molecule has 0 saturated carbocycles. The molecule has 0 unspecified atom stereocenters. The first kappa shape index (κ1) is 20.2. The van der Waals surface area contributed by atoms with Gasteiger partial charge in [-0.15, -0.1) is 0 Å². The highest BCUT2D eigenvalue weighted by Gasteiger charge is 2.36. The van der Waals surface area contributed by atoms with Crippen LogP contribution >= 0.6 is 0 Å². The molecule has 0 bridgehead atoms. The van der Waals surface area contributed by atoms with Crippen LogP contribution in [0.25, 0.3) is 0 Å². The van der Waals surface area contributed by atoms with Crippen molar-refractivity contribution in [1.82, 2.24) is 19.4 Å². The summed E-state index contributed by atoms with van der Waals surface area (Å²) in [5, 5.41) is 0. The number of carbonyl (C=O) groups is 3. The zero-order valence-electron chi connectivity index (χ0n) is 17.7. The van der Waals surface area contributed by atoms with E-state index < -0.39 is 0 Å². The molecule has 0 spiro atoms. The standard InChI is InChI=1S/C25H24N4O3/c30-23(27-12-9-20(10-13-27)28-15-11-26-17-28)19-6-7-21-22(16-19)25(32)29(24(21)31)14-8-18-4-2-1-3-5-18/h1-7,11,15-17,20H,8-10,12-14H2. The fourth-order valence-electron chi connectivity index (χ4n) is 4.55. The Bertz CT molecular complexity index is 1150. The van der Waals surface area contributed by atoms with Crippen LogP contribution in [0.2, 0.25) is 0 Å². The quantitative estimate of drug-likeness (QED) is 0.585. The second-order valence-electron chi connectivity index (χ2n) is 8.29. The molecule has 2 aliphatic heterocycles. The molecule has 0 aliphatic carbocycles. The van der Waals surface area contributed by atoms with E-state index in [4.69, 9.17) is 0 Å². The molecule has 1 fully saturated rings. The molecule has 32 heavy (non-hydrogen) atoms. The van der Waals surface area contributed by atoms with Crippen molar-refractivity contribution in [2.75, 3.05) is 19.6 Å². The van der Waals surface area contributed by atoms with E-state index in [1.54, 1.807) is 24.4 Å². The van der Waals surface area contributed by atoms with Gasteiger partial charge in [-0.05, 0) is 43.0 Å². The number of amides is 3. The summed E-state index contributed by atoms with van der Waals surface area (Å²) in [4.78, 5) is 46.0. The van der Waals surface area contributed by atoms with Crippen LogP contribution in [-0.4, -0.2) is 56.7 Å². The van der Waals surface area contributed by atoms with Crippen LogP contribution in [0, 0.1) is 0 Å². The molecule has 162 valence electrons. The van der Waals surface area contributed by atoms with Gasteiger partial charge in [-0.1, -0.05) is 30.3 Å². The van der Waals surface area contributed by atoms with E-state index in [1.165, 1.54) is 4.90 Å². The van der Waals surface area contributed by atoms with E-state index in [9.17, 15) is 14.4 Å². The molecule has 0 N–H and O–H groups in total. The van der Waals surface area contributed by atoms with Crippen molar-refractivity contribution >= 4 is 17.7 Å². The van der Waals surface area contributed by atoms with Crippen LogP contribution in [0.5, 0.6) is 0 Å². The predicted octanol–water partition coefficient (Wildman–Crippen LogP) is 3.20. The lowest BCUT2D eigenvalue weighted by Gasteiger charge is -2.32. The van der Waals surface area contributed by atoms with Crippen molar-refractivity contribution < 1.29 is 14.4 Å². The highest BCUT2D eigenvalue weighted by molar-refractivity contribution is 6.22. The number of nitrogens with zero attached hydrogens (tertiary/aromatic N) is 4. The van der Waals surface area contributed by atoms with Crippen molar-refractivity contribution in [3.63, 3.8) is 0 Å². The van der Waals surface area contributed by atoms with Gasteiger partial charge in [0, 0.05) is 43.6 Å². The molecular weight excluding hydrogens is 404 g/mol. The number of benzene rings is 2. The van der Waals surface area contributed by atoms with E-state index in [-0.39, 0.29) is 17.7 Å². The van der Waals surface area contributed by atoms with E-state index in [0.29, 0.717) is 48.8 Å². The van der Waals surface area contributed by atoms with Crippen LogP contribution in [-0.2, 0) is 6.42 Å². The average molecular weight is 428 g/mol. The summed E-state index contributed by atoms with van der Waals surface area (Å²) >= 11 is 0. The Morgan fingerprint density at radius 1 is 0.969 bits per heavy atom. The molecule has 7 heteroatoms. The molecule has 3 aromatic rings. The Kier molecular flexibility index (Phi) is 5.31. The molecule has 3 heterocycles. The number of hydrogen-bond acceptors (Lipinski definition) is 4. The number of aromatic nitrogens is 2. The van der Waals surface area contributed by atoms with Gasteiger partial charge in [-0.2, -0.15) is 0 Å². The van der Waals surface area contributed by atoms with Crippen LogP contribution in [0.15, 0.2) is 67.3 Å². The second kappa shape index (κ2) is 8.42. The van der Waals surface area contributed by atoms with E-state index in [0.717, 1.165) is 18.4 Å². The van der Waals surface area contributed by atoms with E-state index in [1.807, 2.05) is 47.8 Å². The summed E-state index contributed by atoms with van der Waals surface area (Å²) in [5.41, 5.74) is 2.22. The predicted molar refractivity (Wildman–Crippen MR) is 118 cm³/mol. The van der Waals surface area contributed by atoms with E-state index in [2.05, 4.69) is 9.55 Å². The Labute approximate surface area is 186 Å². The minimum absolute atomic E-state index is 0.0973. The Hall–Kier alpha value is -3.74. The van der Waals surface area contributed by atoms with Gasteiger partial charge in [0.2, 0.25) is 0 Å². The largest absolute Gasteiger partial charge is 0.338 e. The third kappa shape index (κ3) is 3.70. The summed E-state index contributed by atoms with van der Waals surface area (Å²) in [6.45, 7) is 1.62. The monoisotopic (exact) mass is 428 g/mol. The van der Waals surface area contributed by atoms with E-state index >= 15 is 0 Å². The van der Waals surface area contributed by atoms with Gasteiger partial charge in [-0.25, -0.2) is 4.98 Å². The summed E-state index contributed by atoms with van der Waals surface area (Å²) < 4.78 is 2.09. The van der Waals surface area contributed by atoms with Gasteiger partial charge in [0.15, 0.2) is 0 Å². The lowest BCUT2D eigenvalue weighted by atomic mass is 10.0. The number of carbonyl (C=O) groups excluding carboxylic acids is 3. The van der Waals surface area contributed by atoms with Gasteiger partial charge in [0.05, 0.1) is 17.5 Å². The molecule has 0 atom stereocenters. The maximum absolute atomic E-state index is 13.1. The number of hydrogen-bond donors (Lipinski definition) is 0. The van der Waals surface area contributed by atoms with Crippen molar-refractivity contribution in [2.45, 2.75) is 25.3 Å². The zero-order chi connectivity index (χ0) is 22.1. The summed E-state index contributed by atoms with van der Waals surface area (Å²) in [7, 11) is 0. The highest BCUT2D eigenvalue weighted by Crippen LogP contribution is 2.27. The normalized spacial score (nSPS) is 16.5. The Morgan fingerprint density at radius 2 is 1.72 bits per heavy atom. The number of likely N-dealkylation sites (tertiary alicyclic amines) is 1. The smallest absolute Gasteiger partial charge is 0.261 e. The fraction of sp³-hybridized carbons (Fsp3) is 0.280. The van der Waals surface area contributed by atoms with Crippen molar-refractivity contribution in [3.8, 4) is 0 Å². The van der Waals surface area contributed by atoms with Gasteiger partial charge >= 0.3 is 0 Å². The maximum atomic E-state index is 13.1. The Balaban J connectivity index is 1.26. The topological polar surface area (TPSA) is 75.5 Å². The average Bonchev–Trinajstić information content (AvgIpc) is 3.46. The van der Waals surface area contributed by atoms with Crippen LogP contribution in [0.4, 0.5) is 0 Å². The molecule has 5 rings (SSSR count). The molecule has 1 saturated heterocycles. The van der Waals surface area contributed by atoms with Gasteiger partial charge in [-0.3, -0.25) is 19.3 Å². The first-order valence-electron chi connectivity index (χ1n) is 10.9. The van der Waals surface area contributed by atoms with Crippen molar-refractivity contribution in [1.29, 1.82) is 0 Å². The highest BCUT2D eigenvalue weighted by atomic mass is 16.2. The number of imidazole rings is 1. The SMILES string of the molecule is O=C(c1ccc2c(c1)C(=O)N(CCc1ccccc1)C2=O)N1CCC(n2ccnc2)CC1. The summed E-state index contributed by atoms with van der Waals surface area (Å²) in [6, 6.07) is 15.0. The zero-order valence-corrected chi connectivity index (χ0v) is 17.7. The second-order valence-corrected chi connectivity index (χ2v) is 8.29. The molecule has 3 amide bonds. The third-order valence-electron chi connectivity index (χ3n) is 6.38. The van der Waals surface area contributed by atoms with Crippen LogP contribution < -0.4 is 0 Å². The molecular formula is C25H24N4O3. The minimum Gasteiger partial charge on any atom is -0.338 e. The van der Waals surface area contributed by atoms with Crippen LogP contribution in [0.1, 0.15) is 55.5 Å². The van der Waals surface area contributed by atoms with Gasteiger partial charge in [0.1, 0.15) is 0 Å². The van der Waals surface area contributed by atoms with Gasteiger partial charge in [0.25, 0.3) is 17.7 Å². The summed E-state index contributed by atoms with van der Waals surface area (Å²) in [5.74, 6) is -0.713. The fourth-order valence-corrected chi connectivity index (χ4v) is 4.55. The third-order valence-corrected chi connectivity index (χ3v) is 6.38. The molecule has 2 aliphatic rings. The summed E-state index contributed by atoms with van der Waals surface area (Å²) in [6.07, 6.45) is 7.85. The number of piperidine rings is 1. The minimum atomic E-state index is -0.325. The van der Waals surface area contributed by atoms with Crippen molar-refractivity contribution in [3.05, 3.63) is 89.5 Å². The number of imide groups is 1. The van der Waals surface area contributed by atoms with Gasteiger partial charge < -0.3 is 9.47 Å². The first-order valence-corrected chi connectivity index (χ1v) is 10.9. The molecule has 0 radical (unpaired) electrons. The lowest BCUT2D eigenvalue weighted by molar-refractivity contribution is 0.0654.